The van der Waals surface area contributed by atoms with Crippen LogP contribution in [0.25, 0.3) is 33.3 Å². The number of carbonyl (C=O) groups excluding carboxylic acids is 1. The molecule has 0 saturated carbocycles. The van der Waals surface area contributed by atoms with Crippen LogP contribution in [0.1, 0.15) is 15.9 Å². The molecule has 0 aliphatic heterocycles. The summed E-state index contributed by atoms with van der Waals surface area (Å²) in [5.41, 5.74) is 7.06. The van der Waals surface area contributed by atoms with Crippen LogP contribution >= 0.6 is 0 Å². The van der Waals surface area contributed by atoms with E-state index in [4.69, 9.17) is 14.8 Å². The molecule has 4 rings (SSSR count). The maximum absolute atomic E-state index is 12.4. The van der Waals surface area contributed by atoms with E-state index >= 15 is 0 Å². The van der Waals surface area contributed by atoms with Crippen molar-refractivity contribution in [2.24, 2.45) is 0 Å². The van der Waals surface area contributed by atoms with Crippen molar-refractivity contribution in [2.75, 3.05) is 26.8 Å². The summed E-state index contributed by atoms with van der Waals surface area (Å²) in [6.45, 7) is 1.56. The average Bonchev–Trinajstić information content (AvgIpc) is 2.90. The zero-order valence-corrected chi connectivity index (χ0v) is 18.8. The Balaban J connectivity index is 1.64. The summed E-state index contributed by atoms with van der Waals surface area (Å²) in [5.74, 6) is -0.430. The number of aliphatic hydroxyl groups is 1. The van der Waals surface area contributed by atoms with Crippen molar-refractivity contribution in [3.05, 3.63) is 78.1 Å². The average molecular weight is 459 g/mol. The van der Waals surface area contributed by atoms with Gasteiger partial charge in [0.15, 0.2) is 5.75 Å². The van der Waals surface area contributed by atoms with Crippen LogP contribution in [0.2, 0.25) is 0 Å². The van der Waals surface area contributed by atoms with Crippen molar-refractivity contribution in [1.29, 1.82) is 0 Å². The number of benzene rings is 2. The fourth-order valence-electron chi connectivity index (χ4n) is 3.89. The number of aliphatic hydroxyl groups excluding tert-OH is 1. The number of fused-ring (bicyclic) bond motifs is 1. The number of rotatable bonds is 9. The second-order valence-electron chi connectivity index (χ2n) is 7.70. The van der Waals surface area contributed by atoms with Gasteiger partial charge < -0.3 is 15.2 Å². The molecule has 4 aromatic rings. The van der Waals surface area contributed by atoms with Gasteiger partial charge in [0.25, 0.3) is 5.91 Å². The molecule has 0 aliphatic rings. The van der Waals surface area contributed by atoms with E-state index in [-0.39, 0.29) is 17.9 Å². The first-order valence-electron chi connectivity index (χ1n) is 10.9. The number of methoxy groups -OCH3 is 1. The van der Waals surface area contributed by atoms with Gasteiger partial charge in [0, 0.05) is 29.9 Å². The maximum Gasteiger partial charge on any atom is 0.279 e. The number of nitrogens with zero attached hydrogens (tertiary/aromatic N) is 2. The van der Waals surface area contributed by atoms with Gasteiger partial charge in [-0.3, -0.25) is 15.0 Å². The predicted molar refractivity (Wildman–Crippen MR) is 130 cm³/mol. The molecular formula is C26H26N4O4. The highest BCUT2D eigenvalue weighted by Crippen LogP contribution is 2.36. The standard InChI is InChI=1S/C26H26N4O4/c1-34-25-23(26(32)30-33)21-16-28-13-11-22(21)29-24(25)20-8-6-19(7-9-20)18-4-2-17(3-5-18)10-12-27-14-15-31/h2-9,11,13,16,27,31,33H,10,12,14-15H2,1H3,(H,30,32). The highest BCUT2D eigenvalue weighted by molar-refractivity contribution is 6.09. The highest BCUT2D eigenvalue weighted by Gasteiger charge is 2.22. The topological polar surface area (TPSA) is 117 Å². The Kier molecular flexibility index (Phi) is 7.44. The normalized spacial score (nSPS) is 10.9. The number of pyridine rings is 2. The van der Waals surface area contributed by atoms with Crippen LogP contribution in [0.15, 0.2) is 67.0 Å². The summed E-state index contributed by atoms with van der Waals surface area (Å²) < 4.78 is 5.56. The summed E-state index contributed by atoms with van der Waals surface area (Å²) in [4.78, 5) is 21.2. The third-order valence-corrected chi connectivity index (χ3v) is 5.60. The Morgan fingerprint density at radius 2 is 1.65 bits per heavy atom. The number of hydrogen-bond acceptors (Lipinski definition) is 7. The fourth-order valence-corrected chi connectivity index (χ4v) is 3.89. The summed E-state index contributed by atoms with van der Waals surface area (Å²) >= 11 is 0. The van der Waals surface area contributed by atoms with Gasteiger partial charge in [0.2, 0.25) is 0 Å². The Morgan fingerprint density at radius 1 is 0.971 bits per heavy atom. The van der Waals surface area contributed by atoms with E-state index in [0.717, 1.165) is 29.7 Å². The maximum atomic E-state index is 12.4. The zero-order valence-electron chi connectivity index (χ0n) is 18.8. The largest absolute Gasteiger partial charge is 0.494 e. The van der Waals surface area contributed by atoms with Crippen molar-refractivity contribution in [3.63, 3.8) is 0 Å². The van der Waals surface area contributed by atoms with Crippen molar-refractivity contribution in [3.8, 4) is 28.1 Å². The van der Waals surface area contributed by atoms with Crippen LogP contribution in [0.5, 0.6) is 5.75 Å². The Labute approximate surface area is 197 Å². The molecule has 34 heavy (non-hydrogen) atoms. The molecule has 2 aromatic heterocycles. The lowest BCUT2D eigenvalue weighted by molar-refractivity contribution is 0.0705. The number of ether oxygens (including phenoxy) is 1. The van der Waals surface area contributed by atoms with Gasteiger partial charge in [0.05, 0.1) is 24.8 Å². The molecule has 0 bridgehead atoms. The van der Waals surface area contributed by atoms with Gasteiger partial charge >= 0.3 is 0 Å². The predicted octanol–water partition coefficient (Wildman–Crippen LogP) is 3.22. The molecule has 174 valence electrons. The summed E-state index contributed by atoms with van der Waals surface area (Å²) in [6, 6.07) is 17.9. The Morgan fingerprint density at radius 3 is 2.29 bits per heavy atom. The number of carbonyl (C=O) groups is 1. The second-order valence-corrected chi connectivity index (χ2v) is 7.70. The molecule has 8 nitrogen and oxygen atoms in total. The first-order valence-corrected chi connectivity index (χ1v) is 10.9. The highest BCUT2D eigenvalue weighted by atomic mass is 16.5. The van der Waals surface area contributed by atoms with Gasteiger partial charge in [-0.1, -0.05) is 48.5 Å². The molecule has 4 N–H and O–H groups in total. The van der Waals surface area contributed by atoms with Crippen LogP contribution in [-0.2, 0) is 6.42 Å². The fraction of sp³-hybridized carbons (Fsp3) is 0.192. The molecule has 0 spiro atoms. The zero-order chi connectivity index (χ0) is 23.9. The van der Waals surface area contributed by atoms with Gasteiger partial charge in [-0.25, -0.2) is 10.5 Å². The van der Waals surface area contributed by atoms with E-state index in [0.29, 0.717) is 23.1 Å². The van der Waals surface area contributed by atoms with Crippen LogP contribution in [0.3, 0.4) is 0 Å². The molecule has 2 aromatic carbocycles. The number of amides is 1. The first-order chi connectivity index (χ1) is 16.7. The van der Waals surface area contributed by atoms with Crippen molar-refractivity contribution in [2.45, 2.75) is 6.42 Å². The smallest absolute Gasteiger partial charge is 0.279 e. The summed E-state index contributed by atoms with van der Waals surface area (Å²) in [7, 11) is 1.46. The molecular weight excluding hydrogens is 432 g/mol. The molecule has 1 amide bonds. The SMILES string of the molecule is COc1c(-c2ccc(-c3ccc(CCNCCO)cc3)cc2)nc2ccncc2c1C(=O)NO. The Bertz CT molecular complexity index is 1270. The third kappa shape index (κ3) is 4.89. The van der Waals surface area contributed by atoms with Crippen LogP contribution in [0, 0.1) is 0 Å². The van der Waals surface area contributed by atoms with Crippen LogP contribution in [-0.4, -0.2) is 53.0 Å². The third-order valence-electron chi connectivity index (χ3n) is 5.60. The molecule has 0 atom stereocenters. The van der Waals surface area contributed by atoms with Crippen LogP contribution in [0.4, 0.5) is 0 Å². The number of hydroxylamine groups is 1. The minimum absolute atomic E-state index is 0.142. The van der Waals surface area contributed by atoms with E-state index in [2.05, 4.69) is 34.6 Å². The minimum Gasteiger partial charge on any atom is -0.494 e. The minimum atomic E-state index is -0.693. The molecule has 0 radical (unpaired) electrons. The van der Waals surface area contributed by atoms with E-state index in [9.17, 15) is 10.0 Å². The molecule has 0 saturated heterocycles. The van der Waals surface area contributed by atoms with Crippen molar-refractivity contribution < 1.29 is 19.8 Å². The van der Waals surface area contributed by atoms with Crippen LogP contribution < -0.4 is 15.5 Å². The molecule has 0 unspecified atom stereocenters. The second kappa shape index (κ2) is 10.8. The van der Waals surface area contributed by atoms with Gasteiger partial charge in [0.1, 0.15) is 5.69 Å². The van der Waals surface area contributed by atoms with E-state index in [1.165, 1.54) is 18.9 Å². The Hall–Kier alpha value is -3.85. The molecule has 0 fully saturated rings. The quantitative estimate of drug-likeness (QED) is 0.173. The monoisotopic (exact) mass is 458 g/mol. The van der Waals surface area contributed by atoms with Crippen molar-refractivity contribution in [1.82, 2.24) is 20.8 Å². The van der Waals surface area contributed by atoms with Gasteiger partial charge in [-0.2, -0.15) is 0 Å². The molecule has 2 heterocycles. The summed E-state index contributed by atoms with van der Waals surface area (Å²) in [6.07, 6.45) is 4.02. The first kappa shape index (κ1) is 23.3. The van der Waals surface area contributed by atoms with E-state index in [1.54, 1.807) is 17.7 Å². The lowest BCUT2D eigenvalue weighted by Crippen LogP contribution is -2.20. The van der Waals surface area contributed by atoms with E-state index in [1.807, 2.05) is 24.3 Å². The van der Waals surface area contributed by atoms with E-state index < -0.39 is 5.91 Å². The van der Waals surface area contributed by atoms with Gasteiger partial charge in [-0.15, -0.1) is 0 Å². The lowest BCUT2D eigenvalue weighted by Gasteiger charge is -2.15. The molecule has 0 aliphatic carbocycles. The lowest BCUT2D eigenvalue weighted by atomic mass is 9.99. The number of hydrogen-bond donors (Lipinski definition) is 4. The number of nitrogens with one attached hydrogen (secondary N) is 2. The molecule has 8 heteroatoms. The van der Waals surface area contributed by atoms with Crippen molar-refractivity contribution >= 4 is 16.8 Å². The summed E-state index contributed by atoms with van der Waals surface area (Å²) in [5, 5.41) is 21.8. The van der Waals surface area contributed by atoms with Gasteiger partial charge in [-0.05, 0) is 35.7 Å². The number of aromatic nitrogens is 2.